The Morgan fingerprint density at radius 3 is 3.00 bits per heavy atom. The summed E-state index contributed by atoms with van der Waals surface area (Å²) in [5, 5.41) is 15.0. The van der Waals surface area contributed by atoms with Crippen LogP contribution in [0, 0.1) is 10.1 Å². The third-order valence-corrected chi connectivity index (χ3v) is 3.20. The number of aromatic amines is 1. The summed E-state index contributed by atoms with van der Waals surface area (Å²) in [5.74, 6) is 0. The molecular weight excluding hydrogens is 270 g/mol. The van der Waals surface area contributed by atoms with Gasteiger partial charge in [0.25, 0.3) is 0 Å². The lowest BCUT2D eigenvalue weighted by molar-refractivity contribution is -0.382. The average molecular weight is 283 g/mol. The number of nitro benzene ring substituents is 1. The molecule has 3 rings (SSSR count). The molecule has 0 bridgehead atoms. The predicted octanol–water partition coefficient (Wildman–Crippen LogP) is 2.52. The zero-order chi connectivity index (χ0) is 14.7. The molecule has 0 radical (unpaired) electrons. The molecule has 2 N–H and O–H groups in total. The molecular formula is C14H13N5O2. The molecule has 2 aromatic heterocycles. The van der Waals surface area contributed by atoms with E-state index in [0.29, 0.717) is 29.6 Å². The highest BCUT2D eigenvalue weighted by atomic mass is 16.6. The van der Waals surface area contributed by atoms with E-state index in [1.807, 2.05) is 0 Å². The largest absolute Gasteiger partial charge is 0.379 e. The maximum atomic E-state index is 11.3. The van der Waals surface area contributed by atoms with E-state index < -0.39 is 0 Å². The van der Waals surface area contributed by atoms with Gasteiger partial charge in [0.15, 0.2) is 0 Å². The minimum atomic E-state index is -0.372. The second kappa shape index (κ2) is 5.58. The minimum absolute atomic E-state index is 0.0604. The van der Waals surface area contributed by atoms with Gasteiger partial charge in [0, 0.05) is 31.1 Å². The SMILES string of the molecule is O=[N+]([O-])c1c(NCCc2cnc[nH]2)ccc2ncccc12. The number of nitrogens with zero attached hydrogens (tertiary/aromatic N) is 3. The summed E-state index contributed by atoms with van der Waals surface area (Å²) in [6.45, 7) is 0.578. The van der Waals surface area contributed by atoms with E-state index in [1.54, 1.807) is 43.0 Å². The number of hydrogen-bond acceptors (Lipinski definition) is 5. The van der Waals surface area contributed by atoms with Crippen LogP contribution in [0.2, 0.25) is 0 Å². The summed E-state index contributed by atoms with van der Waals surface area (Å²) >= 11 is 0. The fraction of sp³-hybridized carbons (Fsp3) is 0.143. The molecule has 7 nitrogen and oxygen atoms in total. The van der Waals surface area contributed by atoms with Crippen LogP contribution in [0.15, 0.2) is 43.0 Å². The first-order valence-electron chi connectivity index (χ1n) is 6.49. The van der Waals surface area contributed by atoms with Gasteiger partial charge in [-0.2, -0.15) is 0 Å². The van der Waals surface area contributed by atoms with Crippen LogP contribution in [0.1, 0.15) is 5.69 Å². The molecule has 0 saturated heterocycles. The first kappa shape index (κ1) is 13.0. The van der Waals surface area contributed by atoms with Crippen LogP contribution in [0.25, 0.3) is 10.9 Å². The molecule has 0 aliphatic carbocycles. The van der Waals surface area contributed by atoms with Crippen molar-refractivity contribution in [2.45, 2.75) is 6.42 Å². The van der Waals surface area contributed by atoms with Crippen molar-refractivity contribution in [3.05, 3.63) is 58.8 Å². The van der Waals surface area contributed by atoms with Gasteiger partial charge >= 0.3 is 5.69 Å². The fourth-order valence-corrected chi connectivity index (χ4v) is 2.23. The predicted molar refractivity (Wildman–Crippen MR) is 79.2 cm³/mol. The zero-order valence-electron chi connectivity index (χ0n) is 11.1. The van der Waals surface area contributed by atoms with Gasteiger partial charge in [-0.3, -0.25) is 15.1 Å². The number of fused-ring (bicyclic) bond motifs is 1. The normalized spacial score (nSPS) is 10.7. The van der Waals surface area contributed by atoms with E-state index in [0.717, 1.165) is 5.69 Å². The number of aromatic nitrogens is 3. The van der Waals surface area contributed by atoms with Crippen LogP contribution in [0.3, 0.4) is 0 Å². The quantitative estimate of drug-likeness (QED) is 0.554. The minimum Gasteiger partial charge on any atom is -0.379 e. The van der Waals surface area contributed by atoms with E-state index in [4.69, 9.17) is 0 Å². The van der Waals surface area contributed by atoms with Gasteiger partial charge in [0.2, 0.25) is 0 Å². The van der Waals surface area contributed by atoms with Crippen molar-refractivity contribution in [2.24, 2.45) is 0 Å². The molecule has 1 aromatic carbocycles. The van der Waals surface area contributed by atoms with Gasteiger partial charge in [0.05, 0.1) is 22.2 Å². The van der Waals surface area contributed by atoms with Crippen molar-refractivity contribution in [2.75, 3.05) is 11.9 Å². The number of pyridine rings is 1. The standard InChI is InChI=1S/C14H13N5O2/c20-19(21)14-11-2-1-6-16-12(11)3-4-13(14)17-7-5-10-8-15-9-18-10/h1-4,6,8-9,17H,5,7H2,(H,15,18). The number of imidazole rings is 1. The van der Waals surface area contributed by atoms with Crippen LogP contribution in [0.5, 0.6) is 0 Å². The molecule has 0 fully saturated rings. The molecule has 0 saturated carbocycles. The summed E-state index contributed by atoms with van der Waals surface area (Å²) < 4.78 is 0. The van der Waals surface area contributed by atoms with Gasteiger partial charge in [-0.1, -0.05) is 0 Å². The lowest BCUT2D eigenvalue weighted by Gasteiger charge is -2.08. The third kappa shape index (κ3) is 2.66. The van der Waals surface area contributed by atoms with Gasteiger partial charge in [-0.05, 0) is 24.3 Å². The number of rotatable bonds is 5. The first-order chi connectivity index (χ1) is 10.3. The highest BCUT2D eigenvalue weighted by Crippen LogP contribution is 2.32. The molecule has 2 heterocycles. The molecule has 3 aromatic rings. The molecule has 0 unspecified atom stereocenters. The Labute approximate surface area is 120 Å². The summed E-state index contributed by atoms with van der Waals surface area (Å²) in [6.07, 6.45) is 5.68. The Bertz CT molecular complexity index is 770. The van der Waals surface area contributed by atoms with E-state index in [9.17, 15) is 10.1 Å². The van der Waals surface area contributed by atoms with Crippen molar-refractivity contribution in [3.63, 3.8) is 0 Å². The number of nitro groups is 1. The number of nitrogens with one attached hydrogen (secondary N) is 2. The van der Waals surface area contributed by atoms with Crippen molar-refractivity contribution in [1.29, 1.82) is 0 Å². The zero-order valence-corrected chi connectivity index (χ0v) is 11.1. The first-order valence-corrected chi connectivity index (χ1v) is 6.49. The van der Waals surface area contributed by atoms with Crippen LogP contribution in [-0.2, 0) is 6.42 Å². The van der Waals surface area contributed by atoms with E-state index in [-0.39, 0.29) is 10.6 Å². The van der Waals surface area contributed by atoms with E-state index >= 15 is 0 Å². The van der Waals surface area contributed by atoms with Gasteiger partial charge < -0.3 is 10.3 Å². The Kier molecular flexibility index (Phi) is 3.46. The second-order valence-electron chi connectivity index (χ2n) is 4.54. The maximum Gasteiger partial charge on any atom is 0.301 e. The van der Waals surface area contributed by atoms with Crippen molar-refractivity contribution >= 4 is 22.3 Å². The third-order valence-electron chi connectivity index (χ3n) is 3.20. The average Bonchev–Trinajstić information content (AvgIpc) is 3.00. The Morgan fingerprint density at radius 1 is 1.33 bits per heavy atom. The maximum absolute atomic E-state index is 11.3. The molecule has 0 atom stereocenters. The molecule has 0 amide bonds. The smallest absolute Gasteiger partial charge is 0.301 e. The van der Waals surface area contributed by atoms with E-state index in [2.05, 4.69) is 20.3 Å². The number of benzene rings is 1. The number of anilines is 1. The van der Waals surface area contributed by atoms with Crippen LogP contribution < -0.4 is 5.32 Å². The van der Waals surface area contributed by atoms with Crippen molar-refractivity contribution in [1.82, 2.24) is 15.0 Å². The molecule has 0 aliphatic heterocycles. The Morgan fingerprint density at radius 2 is 2.24 bits per heavy atom. The second-order valence-corrected chi connectivity index (χ2v) is 4.54. The van der Waals surface area contributed by atoms with Crippen molar-refractivity contribution in [3.8, 4) is 0 Å². The molecule has 0 spiro atoms. The van der Waals surface area contributed by atoms with E-state index in [1.165, 1.54) is 0 Å². The van der Waals surface area contributed by atoms with Crippen LogP contribution in [0.4, 0.5) is 11.4 Å². The molecule has 0 aliphatic rings. The van der Waals surface area contributed by atoms with Gasteiger partial charge in [-0.15, -0.1) is 0 Å². The highest BCUT2D eigenvalue weighted by molar-refractivity contribution is 5.94. The van der Waals surface area contributed by atoms with Crippen LogP contribution >= 0.6 is 0 Å². The van der Waals surface area contributed by atoms with Crippen LogP contribution in [-0.4, -0.2) is 26.4 Å². The lowest BCUT2D eigenvalue weighted by Crippen LogP contribution is -2.07. The Balaban J connectivity index is 1.87. The lowest BCUT2D eigenvalue weighted by atomic mass is 10.1. The summed E-state index contributed by atoms with van der Waals surface area (Å²) in [5.41, 5.74) is 2.15. The Hall–Kier alpha value is -2.96. The topological polar surface area (TPSA) is 96.7 Å². The molecule has 7 heteroatoms. The monoisotopic (exact) mass is 283 g/mol. The fourth-order valence-electron chi connectivity index (χ4n) is 2.23. The molecule has 21 heavy (non-hydrogen) atoms. The van der Waals surface area contributed by atoms with Crippen molar-refractivity contribution < 1.29 is 4.92 Å². The summed E-state index contributed by atoms with van der Waals surface area (Å²) in [6, 6.07) is 6.88. The summed E-state index contributed by atoms with van der Waals surface area (Å²) in [4.78, 5) is 22.0. The number of hydrogen-bond donors (Lipinski definition) is 2. The molecule has 106 valence electrons. The number of H-pyrrole nitrogens is 1. The highest BCUT2D eigenvalue weighted by Gasteiger charge is 2.18. The van der Waals surface area contributed by atoms with Gasteiger partial charge in [0.1, 0.15) is 5.69 Å². The summed E-state index contributed by atoms with van der Waals surface area (Å²) in [7, 11) is 0. The van der Waals surface area contributed by atoms with Gasteiger partial charge in [-0.25, -0.2) is 4.98 Å².